The van der Waals surface area contributed by atoms with Crippen LogP contribution >= 0.6 is 0 Å². The molecule has 0 amide bonds. The molecule has 0 aliphatic rings. The van der Waals surface area contributed by atoms with Crippen LogP contribution in [0.2, 0.25) is 0 Å². The molecule has 1 aromatic rings. The molecule has 0 aromatic carbocycles. The van der Waals surface area contributed by atoms with Crippen molar-refractivity contribution in [2.45, 2.75) is 27.3 Å². The van der Waals surface area contributed by atoms with E-state index in [-0.39, 0.29) is 0 Å². The first-order valence-electron chi connectivity index (χ1n) is 6.28. The van der Waals surface area contributed by atoms with Crippen LogP contribution in [-0.4, -0.2) is 36.8 Å². The Bertz CT molecular complexity index is 356. The summed E-state index contributed by atoms with van der Waals surface area (Å²) in [5, 5.41) is 3.37. The zero-order valence-corrected chi connectivity index (χ0v) is 11.7. The summed E-state index contributed by atoms with van der Waals surface area (Å²) in [6.07, 6.45) is 1.82. The Morgan fingerprint density at radius 1 is 1.33 bits per heavy atom. The van der Waals surface area contributed by atoms with Gasteiger partial charge < -0.3 is 14.8 Å². The van der Waals surface area contributed by atoms with Gasteiger partial charge in [-0.15, -0.1) is 0 Å². The lowest BCUT2D eigenvalue weighted by Gasteiger charge is -2.10. The van der Waals surface area contributed by atoms with Gasteiger partial charge in [-0.05, 0) is 19.4 Å². The summed E-state index contributed by atoms with van der Waals surface area (Å²) in [4.78, 5) is 8.49. The van der Waals surface area contributed by atoms with E-state index in [2.05, 4.69) is 29.1 Å². The van der Waals surface area contributed by atoms with E-state index in [1.165, 1.54) is 0 Å². The van der Waals surface area contributed by atoms with Gasteiger partial charge in [0.2, 0.25) is 0 Å². The van der Waals surface area contributed by atoms with E-state index < -0.39 is 0 Å². The van der Waals surface area contributed by atoms with Crippen LogP contribution in [0.15, 0.2) is 6.20 Å². The Morgan fingerprint density at radius 3 is 2.72 bits per heavy atom. The van der Waals surface area contributed by atoms with Crippen LogP contribution in [0.25, 0.3) is 0 Å². The second-order valence-corrected chi connectivity index (χ2v) is 4.63. The minimum absolute atomic E-state index is 0.414. The van der Waals surface area contributed by atoms with E-state index in [0.29, 0.717) is 25.1 Å². The lowest BCUT2D eigenvalue weighted by Crippen LogP contribution is -2.20. The molecule has 0 fully saturated rings. The molecule has 0 atom stereocenters. The largest absolute Gasteiger partial charge is 0.461 e. The molecule has 0 spiro atoms. The summed E-state index contributed by atoms with van der Waals surface area (Å²) in [5.41, 5.74) is 2.06. The highest BCUT2D eigenvalue weighted by Crippen LogP contribution is 2.08. The zero-order chi connectivity index (χ0) is 13.4. The molecule has 1 rings (SSSR count). The standard InChI is InChI=1S/C13H23N3O2/c1-10(2)7-14-8-12-9-15-13(16-11(12)3)18-6-5-17-4/h9-10,14H,5-8H2,1-4H3. The topological polar surface area (TPSA) is 56.3 Å². The molecule has 5 nitrogen and oxygen atoms in total. The zero-order valence-electron chi connectivity index (χ0n) is 11.7. The number of ether oxygens (including phenoxy) is 2. The van der Waals surface area contributed by atoms with Crippen molar-refractivity contribution in [3.8, 4) is 6.01 Å². The number of nitrogens with zero attached hydrogens (tertiary/aromatic N) is 2. The van der Waals surface area contributed by atoms with Gasteiger partial charge in [-0.2, -0.15) is 0 Å². The van der Waals surface area contributed by atoms with Gasteiger partial charge >= 0.3 is 6.01 Å². The molecular formula is C13H23N3O2. The fourth-order valence-corrected chi connectivity index (χ4v) is 1.43. The summed E-state index contributed by atoms with van der Waals surface area (Å²) in [7, 11) is 1.64. The van der Waals surface area contributed by atoms with Crippen LogP contribution in [0.4, 0.5) is 0 Å². The van der Waals surface area contributed by atoms with Gasteiger partial charge in [0.1, 0.15) is 6.61 Å². The number of nitrogens with one attached hydrogen (secondary N) is 1. The van der Waals surface area contributed by atoms with E-state index in [9.17, 15) is 0 Å². The molecule has 0 aliphatic carbocycles. The predicted molar refractivity (Wildman–Crippen MR) is 70.7 cm³/mol. The van der Waals surface area contributed by atoms with Crippen molar-refractivity contribution in [1.29, 1.82) is 0 Å². The third kappa shape index (κ3) is 5.42. The van der Waals surface area contributed by atoms with E-state index in [4.69, 9.17) is 9.47 Å². The summed E-state index contributed by atoms with van der Waals surface area (Å²) in [6, 6.07) is 0.414. The van der Waals surface area contributed by atoms with Crippen LogP contribution in [-0.2, 0) is 11.3 Å². The molecule has 102 valence electrons. The SMILES string of the molecule is COCCOc1ncc(CNCC(C)C)c(C)n1. The molecule has 0 radical (unpaired) electrons. The van der Waals surface area contributed by atoms with Crippen molar-refractivity contribution in [3.05, 3.63) is 17.5 Å². The summed E-state index contributed by atoms with van der Waals surface area (Å²) >= 11 is 0. The maximum Gasteiger partial charge on any atom is 0.316 e. The third-order valence-electron chi connectivity index (χ3n) is 2.45. The van der Waals surface area contributed by atoms with Gasteiger partial charge in [-0.1, -0.05) is 13.8 Å². The van der Waals surface area contributed by atoms with Gasteiger partial charge in [-0.25, -0.2) is 9.97 Å². The van der Waals surface area contributed by atoms with Crippen molar-refractivity contribution in [2.24, 2.45) is 5.92 Å². The second-order valence-electron chi connectivity index (χ2n) is 4.63. The summed E-state index contributed by atoms with van der Waals surface area (Å²) in [5.74, 6) is 0.642. The summed E-state index contributed by atoms with van der Waals surface area (Å²) < 4.78 is 10.3. The molecule has 5 heteroatoms. The number of hydrogen-bond acceptors (Lipinski definition) is 5. The lowest BCUT2D eigenvalue weighted by molar-refractivity contribution is 0.140. The monoisotopic (exact) mass is 253 g/mol. The quantitative estimate of drug-likeness (QED) is 0.712. The molecule has 1 aromatic heterocycles. The molecule has 0 unspecified atom stereocenters. The Hall–Kier alpha value is -1.20. The molecule has 0 aliphatic heterocycles. The first-order chi connectivity index (χ1) is 8.63. The number of hydrogen-bond donors (Lipinski definition) is 1. The Kier molecular flexibility index (Phi) is 6.60. The Morgan fingerprint density at radius 2 is 2.11 bits per heavy atom. The lowest BCUT2D eigenvalue weighted by atomic mass is 10.2. The van der Waals surface area contributed by atoms with Gasteiger partial charge in [0, 0.05) is 31.1 Å². The average molecular weight is 253 g/mol. The van der Waals surface area contributed by atoms with Gasteiger partial charge in [0.05, 0.1) is 6.61 Å². The van der Waals surface area contributed by atoms with Crippen molar-refractivity contribution in [1.82, 2.24) is 15.3 Å². The number of aromatic nitrogens is 2. The minimum Gasteiger partial charge on any atom is -0.461 e. The molecule has 0 bridgehead atoms. The van der Waals surface area contributed by atoms with Crippen molar-refractivity contribution >= 4 is 0 Å². The molecule has 0 saturated carbocycles. The van der Waals surface area contributed by atoms with Crippen LogP contribution in [0.3, 0.4) is 0 Å². The van der Waals surface area contributed by atoms with Crippen molar-refractivity contribution < 1.29 is 9.47 Å². The highest BCUT2D eigenvalue weighted by Gasteiger charge is 2.04. The number of rotatable bonds is 8. The second kappa shape index (κ2) is 8.00. The highest BCUT2D eigenvalue weighted by molar-refractivity contribution is 5.17. The maximum atomic E-state index is 5.36. The van der Waals surface area contributed by atoms with Crippen LogP contribution < -0.4 is 10.1 Å². The molecule has 1 N–H and O–H groups in total. The Labute approximate surface area is 109 Å². The highest BCUT2D eigenvalue weighted by atomic mass is 16.5. The van der Waals surface area contributed by atoms with Crippen LogP contribution in [0.1, 0.15) is 25.1 Å². The average Bonchev–Trinajstić information content (AvgIpc) is 2.32. The summed E-state index contributed by atoms with van der Waals surface area (Å²) in [6.45, 7) is 9.14. The molecule has 1 heterocycles. The normalized spacial score (nSPS) is 10.9. The predicted octanol–water partition coefficient (Wildman–Crippen LogP) is 1.56. The number of aryl methyl sites for hydroxylation is 1. The van der Waals surface area contributed by atoms with Crippen molar-refractivity contribution in [3.63, 3.8) is 0 Å². The van der Waals surface area contributed by atoms with Crippen molar-refractivity contribution in [2.75, 3.05) is 26.9 Å². The fourth-order valence-electron chi connectivity index (χ4n) is 1.43. The minimum atomic E-state index is 0.414. The van der Waals surface area contributed by atoms with E-state index in [1.807, 2.05) is 13.1 Å². The molecular weight excluding hydrogens is 230 g/mol. The van der Waals surface area contributed by atoms with Gasteiger partial charge in [-0.3, -0.25) is 0 Å². The third-order valence-corrected chi connectivity index (χ3v) is 2.45. The van der Waals surface area contributed by atoms with Gasteiger partial charge in [0.15, 0.2) is 0 Å². The van der Waals surface area contributed by atoms with Crippen LogP contribution in [0, 0.1) is 12.8 Å². The molecule has 18 heavy (non-hydrogen) atoms. The van der Waals surface area contributed by atoms with Gasteiger partial charge in [0.25, 0.3) is 0 Å². The Balaban J connectivity index is 2.46. The first kappa shape index (κ1) is 14.9. The smallest absolute Gasteiger partial charge is 0.316 e. The maximum absolute atomic E-state index is 5.36. The first-order valence-corrected chi connectivity index (χ1v) is 6.28. The van der Waals surface area contributed by atoms with E-state index >= 15 is 0 Å². The van der Waals surface area contributed by atoms with E-state index in [1.54, 1.807) is 7.11 Å². The van der Waals surface area contributed by atoms with Crippen LogP contribution in [0.5, 0.6) is 6.01 Å². The molecule has 0 saturated heterocycles. The number of methoxy groups -OCH3 is 1. The fraction of sp³-hybridized carbons (Fsp3) is 0.692. The van der Waals surface area contributed by atoms with E-state index in [0.717, 1.165) is 24.3 Å².